The Labute approximate surface area is 129 Å². The van der Waals surface area contributed by atoms with Crippen molar-refractivity contribution in [3.8, 4) is 0 Å². The molecule has 94 valence electrons. The van der Waals surface area contributed by atoms with Gasteiger partial charge in [-0.25, -0.2) is 0 Å². The molecular formula is C13H11ClINOS. The Kier molecular flexibility index (Phi) is 4.64. The second kappa shape index (κ2) is 6.04. The van der Waals surface area contributed by atoms with E-state index >= 15 is 0 Å². The van der Waals surface area contributed by atoms with Crippen LogP contribution in [0.3, 0.4) is 0 Å². The van der Waals surface area contributed by atoms with E-state index in [1.807, 2.05) is 42.6 Å². The number of thiophene rings is 1. The lowest BCUT2D eigenvalue weighted by atomic mass is 10.1. The number of carbonyl (C=O) groups is 1. The van der Waals surface area contributed by atoms with Crippen LogP contribution in [0.15, 0.2) is 35.7 Å². The molecule has 0 bridgehead atoms. The normalized spacial score (nSPS) is 12.2. The Morgan fingerprint density at radius 3 is 2.78 bits per heavy atom. The second-order valence-corrected chi connectivity index (χ2v) is 7.26. The largest absolute Gasteiger partial charge is 0.322 e. The Hall–Kier alpha value is -0.590. The van der Waals surface area contributed by atoms with Gasteiger partial charge < -0.3 is 5.32 Å². The Bertz CT molecular complexity index is 568. The molecule has 1 N–H and O–H groups in total. The lowest BCUT2D eigenvalue weighted by Crippen LogP contribution is -2.12. The van der Waals surface area contributed by atoms with Gasteiger partial charge in [0, 0.05) is 11.1 Å². The summed E-state index contributed by atoms with van der Waals surface area (Å²) in [5.41, 5.74) is 2.38. The molecule has 0 fully saturated rings. The summed E-state index contributed by atoms with van der Waals surface area (Å²) in [4.78, 5) is 12.1. The molecule has 1 aromatic carbocycles. The Morgan fingerprint density at radius 2 is 2.17 bits per heavy atom. The van der Waals surface area contributed by atoms with Gasteiger partial charge in [0.15, 0.2) is 0 Å². The minimum atomic E-state index is -0.135. The van der Waals surface area contributed by atoms with Crippen LogP contribution >= 0.6 is 45.5 Å². The fourth-order valence-corrected chi connectivity index (χ4v) is 3.10. The van der Waals surface area contributed by atoms with Crippen LogP contribution in [-0.2, 0) is 0 Å². The fourth-order valence-electron chi connectivity index (χ4n) is 1.58. The minimum absolute atomic E-state index is 0.0982. The van der Waals surface area contributed by atoms with Gasteiger partial charge in [-0.15, -0.1) is 22.9 Å². The quantitative estimate of drug-likeness (QED) is 0.585. The summed E-state index contributed by atoms with van der Waals surface area (Å²) in [6.45, 7) is 1.89. The molecule has 1 unspecified atom stereocenters. The highest BCUT2D eigenvalue weighted by Crippen LogP contribution is 2.27. The number of rotatable bonds is 3. The molecule has 0 saturated heterocycles. The zero-order valence-corrected chi connectivity index (χ0v) is 13.3. The predicted octanol–water partition coefficient (Wildman–Crippen LogP) is 4.90. The summed E-state index contributed by atoms with van der Waals surface area (Å²) < 4.78 is 1.09. The molecule has 1 aromatic heterocycles. The van der Waals surface area contributed by atoms with Crippen molar-refractivity contribution in [2.24, 2.45) is 0 Å². The molecule has 2 nitrogen and oxygen atoms in total. The lowest BCUT2D eigenvalue weighted by molar-refractivity contribution is 0.102. The van der Waals surface area contributed by atoms with E-state index < -0.39 is 0 Å². The fraction of sp³-hybridized carbons (Fsp3) is 0.154. The van der Waals surface area contributed by atoms with Crippen molar-refractivity contribution in [2.75, 3.05) is 5.32 Å². The van der Waals surface area contributed by atoms with Crippen LogP contribution in [0, 0.1) is 2.88 Å². The molecule has 2 rings (SSSR count). The van der Waals surface area contributed by atoms with E-state index in [0.717, 1.165) is 14.1 Å². The van der Waals surface area contributed by atoms with Crippen molar-refractivity contribution in [1.82, 2.24) is 0 Å². The first-order valence-corrected chi connectivity index (χ1v) is 7.76. The zero-order valence-electron chi connectivity index (χ0n) is 9.61. The van der Waals surface area contributed by atoms with Gasteiger partial charge in [0.1, 0.15) is 0 Å². The molecule has 0 spiro atoms. The number of para-hydroxylation sites is 1. The van der Waals surface area contributed by atoms with Crippen LogP contribution in [0.2, 0.25) is 0 Å². The molecule has 5 heteroatoms. The van der Waals surface area contributed by atoms with E-state index in [-0.39, 0.29) is 11.3 Å². The van der Waals surface area contributed by atoms with Crippen LogP contribution in [0.25, 0.3) is 0 Å². The first-order chi connectivity index (χ1) is 8.58. The van der Waals surface area contributed by atoms with E-state index in [9.17, 15) is 4.79 Å². The van der Waals surface area contributed by atoms with Gasteiger partial charge in [0.2, 0.25) is 0 Å². The minimum Gasteiger partial charge on any atom is -0.322 e. The number of alkyl halides is 1. The molecule has 1 amide bonds. The molecule has 0 radical (unpaired) electrons. The summed E-state index contributed by atoms with van der Waals surface area (Å²) in [6, 6.07) is 9.45. The number of hydrogen-bond donors (Lipinski definition) is 1. The summed E-state index contributed by atoms with van der Waals surface area (Å²) in [6.07, 6.45) is 0. The van der Waals surface area contributed by atoms with E-state index in [0.29, 0.717) is 5.56 Å². The summed E-state index contributed by atoms with van der Waals surface area (Å²) in [5, 5.41) is 4.62. The van der Waals surface area contributed by atoms with Gasteiger partial charge in [-0.05, 0) is 47.2 Å². The maximum absolute atomic E-state index is 12.1. The number of anilines is 1. The van der Waals surface area contributed by atoms with E-state index in [1.165, 1.54) is 0 Å². The van der Waals surface area contributed by atoms with Crippen LogP contribution in [0.5, 0.6) is 0 Å². The van der Waals surface area contributed by atoms with Gasteiger partial charge >= 0.3 is 0 Å². The SMILES string of the molecule is CC(Cl)c1ccccc1NC(=O)c1csc(I)c1. The van der Waals surface area contributed by atoms with Gasteiger partial charge in [-0.2, -0.15) is 0 Å². The van der Waals surface area contributed by atoms with Gasteiger partial charge in [0.25, 0.3) is 5.91 Å². The van der Waals surface area contributed by atoms with E-state index in [2.05, 4.69) is 27.9 Å². The van der Waals surface area contributed by atoms with E-state index in [1.54, 1.807) is 11.3 Å². The molecule has 0 aliphatic carbocycles. The average molecular weight is 392 g/mol. The van der Waals surface area contributed by atoms with Crippen molar-refractivity contribution in [2.45, 2.75) is 12.3 Å². The van der Waals surface area contributed by atoms with Crippen molar-refractivity contribution in [3.05, 3.63) is 49.7 Å². The lowest BCUT2D eigenvalue weighted by Gasteiger charge is -2.11. The van der Waals surface area contributed by atoms with Crippen LogP contribution in [0.1, 0.15) is 28.2 Å². The van der Waals surface area contributed by atoms with Crippen LogP contribution in [-0.4, -0.2) is 5.91 Å². The third-order valence-corrected chi connectivity index (χ3v) is 4.49. The third-order valence-electron chi connectivity index (χ3n) is 2.47. The van der Waals surface area contributed by atoms with Gasteiger partial charge in [-0.1, -0.05) is 18.2 Å². The third kappa shape index (κ3) is 3.24. The van der Waals surface area contributed by atoms with E-state index in [4.69, 9.17) is 11.6 Å². The van der Waals surface area contributed by atoms with Gasteiger partial charge in [-0.3, -0.25) is 4.79 Å². The zero-order chi connectivity index (χ0) is 13.1. The molecule has 0 saturated carbocycles. The first kappa shape index (κ1) is 13.8. The predicted molar refractivity (Wildman–Crippen MR) is 85.7 cm³/mol. The van der Waals surface area contributed by atoms with Crippen LogP contribution < -0.4 is 5.32 Å². The summed E-state index contributed by atoms with van der Waals surface area (Å²) in [5.74, 6) is -0.0982. The highest BCUT2D eigenvalue weighted by molar-refractivity contribution is 14.1. The first-order valence-electron chi connectivity index (χ1n) is 5.36. The summed E-state index contributed by atoms with van der Waals surface area (Å²) in [7, 11) is 0. The standard InChI is InChI=1S/C13H11ClINOS/c1-8(14)10-4-2-3-5-11(10)16-13(17)9-6-12(15)18-7-9/h2-8H,1H3,(H,16,17). The molecule has 1 atom stereocenters. The maximum Gasteiger partial charge on any atom is 0.256 e. The molecule has 0 aliphatic rings. The number of carbonyl (C=O) groups excluding carboxylic acids is 1. The molecule has 0 aliphatic heterocycles. The highest BCUT2D eigenvalue weighted by Gasteiger charge is 2.12. The maximum atomic E-state index is 12.1. The smallest absolute Gasteiger partial charge is 0.256 e. The van der Waals surface area contributed by atoms with Crippen molar-refractivity contribution in [1.29, 1.82) is 0 Å². The monoisotopic (exact) mass is 391 g/mol. The van der Waals surface area contributed by atoms with Crippen molar-refractivity contribution in [3.63, 3.8) is 0 Å². The number of amides is 1. The number of hydrogen-bond acceptors (Lipinski definition) is 2. The molecule has 18 heavy (non-hydrogen) atoms. The summed E-state index contributed by atoms with van der Waals surface area (Å²) >= 11 is 9.84. The Balaban J connectivity index is 2.22. The van der Waals surface area contributed by atoms with Crippen LogP contribution in [0.4, 0.5) is 5.69 Å². The second-order valence-electron chi connectivity index (χ2n) is 3.80. The Morgan fingerprint density at radius 1 is 1.44 bits per heavy atom. The van der Waals surface area contributed by atoms with Crippen molar-refractivity contribution >= 4 is 57.1 Å². The van der Waals surface area contributed by atoms with Crippen molar-refractivity contribution < 1.29 is 4.79 Å². The topological polar surface area (TPSA) is 29.1 Å². The number of benzene rings is 1. The average Bonchev–Trinajstić information content (AvgIpc) is 2.76. The molecular weight excluding hydrogens is 381 g/mol. The molecule has 1 heterocycles. The molecule has 2 aromatic rings. The number of halogens is 2. The number of nitrogens with one attached hydrogen (secondary N) is 1. The highest BCUT2D eigenvalue weighted by atomic mass is 127. The van der Waals surface area contributed by atoms with Gasteiger partial charge in [0.05, 0.1) is 13.8 Å².